The van der Waals surface area contributed by atoms with Crippen LogP contribution in [-0.4, -0.2) is 44.4 Å². The molecular weight excluding hydrogens is 266 g/mol. The molecule has 1 N–H and O–H groups in total. The van der Waals surface area contributed by atoms with Crippen LogP contribution in [0.15, 0.2) is 6.07 Å². The molecule has 5 heteroatoms. The lowest BCUT2D eigenvalue weighted by molar-refractivity contribution is 0.111. The quantitative estimate of drug-likeness (QED) is 0.914. The number of pyridine rings is 1. The fourth-order valence-corrected chi connectivity index (χ4v) is 3.54. The third kappa shape index (κ3) is 2.54. The largest absolute Gasteiger partial charge is 0.380 e. The molecule has 0 spiro atoms. The molecule has 1 aromatic heterocycles. The van der Waals surface area contributed by atoms with Gasteiger partial charge in [0.05, 0.1) is 18.4 Å². The number of hydrogen-bond acceptors (Lipinski definition) is 5. The number of hydrogen-bond donors (Lipinski definition) is 1. The Balaban J connectivity index is 2.03. The van der Waals surface area contributed by atoms with Gasteiger partial charge >= 0.3 is 0 Å². The van der Waals surface area contributed by atoms with Crippen LogP contribution in [0.1, 0.15) is 36.8 Å². The first-order chi connectivity index (χ1) is 10.2. The molecule has 1 aromatic rings. The van der Waals surface area contributed by atoms with E-state index in [2.05, 4.69) is 23.2 Å². The van der Waals surface area contributed by atoms with Crippen molar-refractivity contribution in [1.29, 1.82) is 0 Å². The summed E-state index contributed by atoms with van der Waals surface area (Å²) in [6, 6.07) is 3.28. The standard InChI is InChI=1S/C16H25N3O2/c1-10-7-17-8-14-6-12-5-13(9-20-3)15(11(2)21-4)18-16(12)19(10)14/h5,10-11,14,17H,6-9H2,1-4H3/t10-,11?,14-/m1/s1. The molecule has 0 bridgehead atoms. The fraction of sp³-hybridized carbons (Fsp3) is 0.688. The van der Waals surface area contributed by atoms with E-state index in [9.17, 15) is 0 Å². The molecule has 0 saturated carbocycles. The van der Waals surface area contributed by atoms with Crippen molar-refractivity contribution < 1.29 is 9.47 Å². The summed E-state index contributed by atoms with van der Waals surface area (Å²) in [4.78, 5) is 7.45. The van der Waals surface area contributed by atoms with Gasteiger partial charge in [0.1, 0.15) is 5.82 Å². The Kier molecular flexibility index (Phi) is 4.15. The zero-order valence-electron chi connectivity index (χ0n) is 13.3. The topological polar surface area (TPSA) is 46.6 Å². The summed E-state index contributed by atoms with van der Waals surface area (Å²) in [5.41, 5.74) is 3.49. The summed E-state index contributed by atoms with van der Waals surface area (Å²) in [5, 5.41) is 3.51. The SMILES string of the molecule is COCc1cc2c(nc1C(C)OC)N1[C@@H](CNC[C@H]1C)C2. The Morgan fingerprint density at radius 2 is 2.24 bits per heavy atom. The summed E-state index contributed by atoms with van der Waals surface area (Å²) < 4.78 is 10.8. The van der Waals surface area contributed by atoms with Gasteiger partial charge in [-0.1, -0.05) is 0 Å². The number of methoxy groups -OCH3 is 2. The minimum absolute atomic E-state index is 0.0160. The van der Waals surface area contributed by atoms with Crippen LogP contribution in [0.25, 0.3) is 0 Å². The number of aromatic nitrogens is 1. The van der Waals surface area contributed by atoms with Crippen molar-refractivity contribution in [2.45, 2.75) is 45.1 Å². The van der Waals surface area contributed by atoms with Crippen molar-refractivity contribution in [3.8, 4) is 0 Å². The van der Waals surface area contributed by atoms with Gasteiger partial charge in [-0.25, -0.2) is 4.98 Å². The predicted octanol–water partition coefficient (Wildman–Crippen LogP) is 1.66. The van der Waals surface area contributed by atoms with Crippen LogP contribution in [0.2, 0.25) is 0 Å². The Bertz CT molecular complexity index is 520. The molecule has 1 fully saturated rings. The third-order valence-electron chi connectivity index (χ3n) is 4.62. The number of ether oxygens (including phenoxy) is 2. The van der Waals surface area contributed by atoms with Crippen LogP contribution < -0.4 is 10.2 Å². The Morgan fingerprint density at radius 1 is 1.43 bits per heavy atom. The van der Waals surface area contributed by atoms with E-state index >= 15 is 0 Å². The fourth-order valence-electron chi connectivity index (χ4n) is 3.54. The second-order valence-electron chi connectivity index (χ2n) is 6.10. The highest BCUT2D eigenvalue weighted by Crippen LogP contribution is 2.36. The predicted molar refractivity (Wildman–Crippen MR) is 82.7 cm³/mol. The number of rotatable bonds is 4. The van der Waals surface area contributed by atoms with Gasteiger partial charge in [0.2, 0.25) is 0 Å². The van der Waals surface area contributed by atoms with Gasteiger partial charge < -0.3 is 19.7 Å². The van der Waals surface area contributed by atoms with Crippen molar-refractivity contribution in [2.75, 3.05) is 32.2 Å². The van der Waals surface area contributed by atoms with Crippen molar-refractivity contribution >= 4 is 5.82 Å². The molecule has 2 aliphatic rings. The van der Waals surface area contributed by atoms with Crippen molar-refractivity contribution in [3.05, 3.63) is 22.9 Å². The van der Waals surface area contributed by atoms with Gasteiger partial charge in [0.15, 0.2) is 0 Å². The molecule has 0 radical (unpaired) electrons. The molecule has 0 amide bonds. The van der Waals surface area contributed by atoms with Crippen LogP contribution in [0.3, 0.4) is 0 Å². The first kappa shape index (κ1) is 14.8. The van der Waals surface area contributed by atoms with Gasteiger partial charge in [-0.3, -0.25) is 0 Å². The van der Waals surface area contributed by atoms with Crippen molar-refractivity contribution in [1.82, 2.24) is 10.3 Å². The highest BCUT2D eigenvalue weighted by molar-refractivity contribution is 5.57. The maximum absolute atomic E-state index is 5.50. The molecule has 2 aliphatic heterocycles. The Hall–Kier alpha value is -1.17. The lowest BCUT2D eigenvalue weighted by Crippen LogP contribution is -2.55. The average molecular weight is 291 g/mol. The van der Waals surface area contributed by atoms with Gasteiger partial charge in [0, 0.05) is 45.0 Å². The molecule has 0 aromatic carbocycles. The van der Waals surface area contributed by atoms with Crippen molar-refractivity contribution in [2.24, 2.45) is 0 Å². The molecule has 3 atom stereocenters. The molecule has 1 unspecified atom stereocenters. The van der Waals surface area contributed by atoms with E-state index in [-0.39, 0.29) is 6.10 Å². The molecule has 0 aliphatic carbocycles. The van der Waals surface area contributed by atoms with E-state index in [1.807, 2.05) is 6.92 Å². The number of fused-ring (bicyclic) bond motifs is 3. The summed E-state index contributed by atoms with van der Waals surface area (Å²) in [7, 11) is 3.45. The molecule has 5 nitrogen and oxygen atoms in total. The van der Waals surface area contributed by atoms with E-state index in [0.717, 1.165) is 36.6 Å². The second kappa shape index (κ2) is 5.91. The highest BCUT2D eigenvalue weighted by Gasteiger charge is 2.37. The smallest absolute Gasteiger partial charge is 0.132 e. The van der Waals surface area contributed by atoms with Crippen LogP contribution in [-0.2, 0) is 22.5 Å². The first-order valence-electron chi connectivity index (χ1n) is 7.69. The molecule has 1 saturated heterocycles. The number of nitrogens with one attached hydrogen (secondary N) is 1. The summed E-state index contributed by atoms with van der Waals surface area (Å²) >= 11 is 0. The maximum Gasteiger partial charge on any atom is 0.132 e. The maximum atomic E-state index is 5.50. The third-order valence-corrected chi connectivity index (χ3v) is 4.62. The Labute approximate surface area is 126 Å². The molecule has 3 heterocycles. The number of anilines is 1. The van der Waals surface area contributed by atoms with E-state index in [1.54, 1.807) is 14.2 Å². The van der Waals surface area contributed by atoms with Gasteiger partial charge in [-0.05, 0) is 31.9 Å². The van der Waals surface area contributed by atoms with E-state index < -0.39 is 0 Å². The van der Waals surface area contributed by atoms with E-state index in [4.69, 9.17) is 14.5 Å². The zero-order valence-corrected chi connectivity index (χ0v) is 13.3. The highest BCUT2D eigenvalue weighted by atomic mass is 16.5. The molecule has 116 valence electrons. The summed E-state index contributed by atoms with van der Waals surface area (Å²) in [6.45, 7) is 6.95. The summed E-state index contributed by atoms with van der Waals surface area (Å²) in [5.74, 6) is 1.15. The zero-order chi connectivity index (χ0) is 15.0. The van der Waals surface area contributed by atoms with E-state index in [1.165, 1.54) is 5.56 Å². The Morgan fingerprint density at radius 3 is 2.95 bits per heavy atom. The number of piperazine rings is 1. The normalized spacial score (nSPS) is 25.6. The molecular formula is C16H25N3O2. The van der Waals surface area contributed by atoms with Gasteiger partial charge in [0.25, 0.3) is 0 Å². The minimum atomic E-state index is -0.0160. The van der Waals surface area contributed by atoms with Crippen LogP contribution in [0.4, 0.5) is 5.82 Å². The molecule has 21 heavy (non-hydrogen) atoms. The minimum Gasteiger partial charge on any atom is -0.380 e. The lowest BCUT2D eigenvalue weighted by Gasteiger charge is -2.38. The lowest BCUT2D eigenvalue weighted by atomic mass is 10.0. The monoisotopic (exact) mass is 291 g/mol. The number of nitrogens with zero attached hydrogens (tertiary/aromatic N) is 2. The van der Waals surface area contributed by atoms with Crippen LogP contribution in [0, 0.1) is 0 Å². The second-order valence-corrected chi connectivity index (χ2v) is 6.10. The van der Waals surface area contributed by atoms with Crippen LogP contribution in [0.5, 0.6) is 0 Å². The molecule has 3 rings (SSSR count). The summed E-state index contributed by atoms with van der Waals surface area (Å²) in [6.07, 6.45) is 1.05. The van der Waals surface area contributed by atoms with Gasteiger partial charge in [-0.15, -0.1) is 0 Å². The van der Waals surface area contributed by atoms with E-state index in [0.29, 0.717) is 18.7 Å². The average Bonchev–Trinajstić information content (AvgIpc) is 2.84. The van der Waals surface area contributed by atoms with Crippen molar-refractivity contribution in [3.63, 3.8) is 0 Å². The first-order valence-corrected chi connectivity index (χ1v) is 7.69. The van der Waals surface area contributed by atoms with Gasteiger partial charge in [-0.2, -0.15) is 0 Å². The van der Waals surface area contributed by atoms with Crippen LogP contribution >= 0.6 is 0 Å².